The summed E-state index contributed by atoms with van der Waals surface area (Å²) in [6, 6.07) is 0.236. The SMILES string of the molecule is NC(=O)C1CCN(C(=O)CNc2ncc([N+](=O)[O-])c(NC[C@H]3CC[C@H](N)CC3)n2)CC1. The number of carbonyl (C=O) groups is 2. The van der Waals surface area contributed by atoms with Crippen molar-refractivity contribution >= 4 is 29.3 Å². The Morgan fingerprint density at radius 2 is 1.84 bits per heavy atom. The van der Waals surface area contributed by atoms with Gasteiger partial charge in [0.15, 0.2) is 0 Å². The van der Waals surface area contributed by atoms with Gasteiger partial charge in [0.1, 0.15) is 6.20 Å². The number of nitrogens with one attached hydrogen (secondary N) is 2. The van der Waals surface area contributed by atoms with Crippen LogP contribution in [0.3, 0.4) is 0 Å². The first kappa shape index (κ1) is 22.7. The molecule has 2 aliphatic rings. The predicted molar refractivity (Wildman–Crippen MR) is 114 cm³/mol. The van der Waals surface area contributed by atoms with Crippen LogP contribution in [0.2, 0.25) is 0 Å². The summed E-state index contributed by atoms with van der Waals surface area (Å²) in [5.74, 6) is -0.0241. The first-order valence-corrected chi connectivity index (χ1v) is 10.6. The van der Waals surface area contributed by atoms with Crippen LogP contribution in [0.1, 0.15) is 38.5 Å². The molecule has 31 heavy (non-hydrogen) atoms. The van der Waals surface area contributed by atoms with Crippen molar-refractivity contribution in [1.82, 2.24) is 14.9 Å². The topological polar surface area (TPSA) is 182 Å². The van der Waals surface area contributed by atoms with E-state index in [1.54, 1.807) is 4.90 Å². The number of anilines is 2. The Kier molecular flexibility index (Phi) is 7.55. The highest BCUT2D eigenvalue weighted by atomic mass is 16.6. The molecule has 0 radical (unpaired) electrons. The highest BCUT2D eigenvalue weighted by molar-refractivity contribution is 5.81. The number of hydrogen-bond donors (Lipinski definition) is 4. The average molecular weight is 435 g/mol. The maximum Gasteiger partial charge on any atom is 0.329 e. The van der Waals surface area contributed by atoms with Crippen LogP contribution >= 0.6 is 0 Å². The number of nitrogens with two attached hydrogens (primary N) is 2. The largest absolute Gasteiger partial charge is 0.369 e. The summed E-state index contributed by atoms with van der Waals surface area (Å²) in [4.78, 5) is 44.3. The molecule has 1 saturated carbocycles. The summed E-state index contributed by atoms with van der Waals surface area (Å²) in [6.45, 7) is 1.46. The maximum atomic E-state index is 12.4. The van der Waals surface area contributed by atoms with Crippen LogP contribution in [0.25, 0.3) is 0 Å². The lowest BCUT2D eigenvalue weighted by molar-refractivity contribution is -0.384. The second-order valence-electron chi connectivity index (χ2n) is 8.26. The quantitative estimate of drug-likeness (QED) is 0.333. The summed E-state index contributed by atoms with van der Waals surface area (Å²) in [7, 11) is 0. The normalized spacial score (nSPS) is 22.0. The lowest BCUT2D eigenvalue weighted by Gasteiger charge is -2.30. The molecule has 0 unspecified atom stereocenters. The smallest absolute Gasteiger partial charge is 0.329 e. The Balaban J connectivity index is 1.55. The molecule has 0 aromatic carbocycles. The number of nitrogens with zero attached hydrogens (tertiary/aromatic N) is 4. The van der Waals surface area contributed by atoms with Crippen molar-refractivity contribution in [3.05, 3.63) is 16.3 Å². The number of piperidine rings is 1. The molecule has 1 aliphatic heterocycles. The molecule has 3 rings (SSSR count). The zero-order valence-electron chi connectivity index (χ0n) is 17.5. The lowest BCUT2D eigenvalue weighted by atomic mass is 9.86. The zero-order chi connectivity index (χ0) is 22.4. The van der Waals surface area contributed by atoms with E-state index in [9.17, 15) is 19.7 Å². The van der Waals surface area contributed by atoms with Crippen molar-refractivity contribution in [3.63, 3.8) is 0 Å². The number of amides is 2. The van der Waals surface area contributed by atoms with Crippen molar-refractivity contribution in [3.8, 4) is 0 Å². The van der Waals surface area contributed by atoms with Gasteiger partial charge in [-0.2, -0.15) is 4.98 Å². The first-order valence-electron chi connectivity index (χ1n) is 10.6. The Morgan fingerprint density at radius 3 is 2.45 bits per heavy atom. The fraction of sp³-hybridized carbons (Fsp3) is 0.684. The Morgan fingerprint density at radius 1 is 1.16 bits per heavy atom. The Labute approximate surface area is 180 Å². The highest BCUT2D eigenvalue weighted by Gasteiger charge is 2.26. The Bertz CT molecular complexity index is 804. The highest BCUT2D eigenvalue weighted by Crippen LogP contribution is 2.26. The van der Waals surface area contributed by atoms with E-state index in [1.165, 1.54) is 0 Å². The van der Waals surface area contributed by atoms with Crippen molar-refractivity contribution in [1.29, 1.82) is 0 Å². The van der Waals surface area contributed by atoms with E-state index in [1.807, 2.05) is 0 Å². The molecule has 1 aromatic rings. The van der Waals surface area contributed by atoms with E-state index in [0.29, 0.717) is 38.4 Å². The number of carbonyl (C=O) groups excluding carboxylic acids is 2. The second kappa shape index (κ2) is 10.3. The molecule has 12 nitrogen and oxygen atoms in total. The van der Waals surface area contributed by atoms with Crippen LogP contribution in [0.4, 0.5) is 17.5 Å². The summed E-state index contributed by atoms with van der Waals surface area (Å²) < 4.78 is 0. The molecular weight excluding hydrogens is 404 g/mol. The number of rotatable bonds is 8. The monoisotopic (exact) mass is 434 g/mol. The van der Waals surface area contributed by atoms with Gasteiger partial charge in [0.05, 0.1) is 11.5 Å². The molecule has 2 fully saturated rings. The molecule has 0 atom stereocenters. The van der Waals surface area contributed by atoms with Crippen LogP contribution in [0.15, 0.2) is 6.20 Å². The fourth-order valence-corrected chi connectivity index (χ4v) is 4.04. The summed E-state index contributed by atoms with van der Waals surface area (Å²) in [5.41, 5.74) is 11.0. The average Bonchev–Trinajstić information content (AvgIpc) is 2.77. The molecule has 1 aliphatic carbocycles. The standard InChI is InChI=1S/C19H30N8O4/c20-14-3-1-12(2-4-14)9-22-18-15(27(30)31)10-23-19(25-18)24-11-16(28)26-7-5-13(6-8-26)17(21)29/h10,12-14H,1-9,11,20H2,(H2,21,29)(H2,22,23,24,25)/t12-,14-. The summed E-state index contributed by atoms with van der Waals surface area (Å²) in [6.07, 6.45) is 6.08. The minimum Gasteiger partial charge on any atom is -0.369 e. The molecule has 6 N–H and O–H groups in total. The van der Waals surface area contributed by atoms with Gasteiger partial charge in [-0.25, -0.2) is 4.98 Å². The third-order valence-corrected chi connectivity index (χ3v) is 6.06. The Hall–Kier alpha value is -3.02. The number of likely N-dealkylation sites (tertiary alicyclic amines) is 1. The van der Waals surface area contributed by atoms with Gasteiger partial charge in [-0.1, -0.05) is 0 Å². The minimum atomic E-state index is -0.531. The molecule has 1 aromatic heterocycles. The lowest BCUT2D eigenvalue weighted by Crippen LogP contribution is -2.43. The van der Waals surface area contributed by atoms with Crippen LogP contribution in [-0.2, 0) is 9.59 Å². The molecule has 2 amide bonds. The van der Waals surface area contributed by atoms with Crippen molar-refractivity contribution < 1.29 is 14.5 Å². The van der Waals surface area contributed by atoms with Crippen LogP contribution in [0, 0.1) is 22.0 Å². The predicted octanol–water partition coefficient (Wildman–Crippen LogP) is 0.450. The molecular formula is C19H30N8O4. The molecule has 170 valence electrons. The molecule has 0 bridgehead atoms. The van der Waals surface area contributed by atoms with Gasteiger partial charge in [-0.05, 0) is 44.4 Å². The van der Waals surface area contributed by atoms with Crippen LogP contribution < -0.4 is 22.1 Å². The van der Waals surface area contributed by atoms with Gasteiger partial charge in [-0.15, -0.1) is 0 Å². The number of nitro groups is 1. The molecule has 0 spiro atoms. The molecule has 1 saturated heterocycles. The van der Waals surface area contributed by atoms with Gasteiger partial charge in [0, 0.05) is 31.6 Å². The van der Waals surface area contributed by atoms with Gasteiger partial charge >= 0.3 is 5.69 Å². The van der Waals surface area contributed by atoms with Crippen LogP contribution in [-0.4, -0.2) is 63.8 Å². The third kappa shape index (κ3) is 6.23. The summed E-state index contributed by atoms with van der Waals surface area (Å²) >= 11 is 0. The number of hydrogen-bond acceptors (Lipinski definition) is 9. The molecule has 12 heteroatoms. The first-order chi connectivity index (χ1) is 14.8. The van der Waals surface area contributed by atoms with Crippen molar-refractivity contribution in [2.75, 3.05) is 36.8 Å². The van der Waals surface area contributed by atoms with Crippen molar-refractivity contribution in [2.24, 2.45) is 23.3 Å². The summed E-state index contributed by atoms with van der Waals surface area (Å²) in [5, 5.41) is 17.2. The van der Waals surface area contributed by atoms with E-state index in [2.05, 4.69) is 20.6 Å². The van der Waals surface area contributed by atoms with E-state index in [-0.39, 0.29) is 47.8 Å². The van der Waals surface area contributed by atoms with E-state index in [0.717, 1.165) is 31.9 Å². The molecule has 2 heterocycles. The van der Waals surface area contributed by atoms with Gasteiger partial charge < -0.3 is 27.0 Å². The van der Waals surface area contributed by atoms with E-state index in [4.69, 9.17) is 11.5 Å². The third-order valence-electron chi connectivity index (χ3n) is 6.06. The van der Waals surface area contributed by atoms with Crippen LogP contribution in [0.5, 0.6) is 0 Å². The number of aromatic nitrogens is 2. The fourth-order valence-electron chi connectivity index (χ4n) is 4.04. The zero-order valence-corrected chi connectivity index (χ0v) is 17.5. The second-order valence-corrected chi connectivity index (χ2v) is 8.26. The maximum absolute atomic E-state index is 12.4. The van der Waals surface area contributed by atoms with Gasteiger partial charge in [-0.3, -0.25) is 19.7 Å². The van der Waals surface area contributed by atoms with Crippen molar-refractivity contribution in [2.45, 2.75) is 44.6 Å². The van der Waals surface area contributed by atoms with E-state index >= 15 is 0 Å². The minimum absolute atomic E-state index is 0.0427. The number of primary amides is 1. The van der Waals surface area contributed by atoms with E-state index < -0.39 is 4.92 Å². The van der Waals surface area contributed by atoms with Gasteiger partial charge in [0.2, 0.25) is 23.6 Å². The van der Waals surface area contributed by atoms with Gasteiger partial charge in [0.25, 0.3) is 0 Å².